The van der Waals surface area contributed by atoms with Gasteiger partial charge in [-0.1, -0.05) is 20.8 Å². The van der Waals surface area contributed by atoms with Crippen LogP contribution in [0.15, 0.2) is 0 Å². The van der Waals surface area contributed by atoms with Crippen molar-refractivity contribution in [3.8, 4) is 0 Å². The zero-order chi connectivity index (χ0) is 31.1. The van der Waals surface area contributed by atoms with Crippen LogP contribution in [0.1, 0.15) is 109 Å². The number of hydrogen-bond donors (Lipinski definition) is 1. The minimum absolute atomic E-state index is 0.0170. The fourth-order valence-corrected chi connectivity index (χ4v) is 9.07. The van der Waals surface area contributed by atoms with Crippen molar-refractivity contribution in [2.24, 2.45) is 17.8 Å². The summed E-state index contributed by atoms with van der Waals surface area (Å²) in [6.07, 6.45) is -0.0170. The molecule has 228 valence electrons. The molecule has 7 rings (SSSR count). The van der Waals surface area contributed by atoms with Gasteiger partial charge in [0, 0.05) is 39.5 Å². The fraction of sp³-hybridized carbons (Fsp3) is 0.538. The molecule has 4 heteroatoms. The molecule has 2 aromatic heterocycles. The van der Waals surface area contributed by atoms with Gasteiger partial charge in [-0.2, -0.15) is 0 Å². The lowest BCUT2D eigenvalue weighted by Crippen LogP contribution is -2.36. The van der Waals surface area contributed by atoms with E-state index in [0.717, 1.165) is 6.61 Å². The second-order valence-corrected chi connectivity index (χ2v) is 14.7. The van der Waals surface area contributed by atoms with Gasteiger partial charge in [-0.15, -0.1) is 0 Å². The summed E-state index contributed by atoms with van der Waals surface area (Å²) in [5.74, 6) is 1.52. The van der Waals surface area contributed by atoms with Crippen molar-refractivity contribution in [2.75, 3.05) is 13.7 Å². The third-order valence-corrected chi connectivity index (χ3v) is 13.1. The van der Waals surface area contributed by atoms with E-state index >= 15 is 0 Å². The van der Waals surface area contributed by atoms with Crippen molar-refractivity contribution >= 4 is 43.6 Å². The number of hydrogen-bond acceptors (Lipinski definition) is 2. The Balaban J connectivity index is 1.84. The Morgan fingerprint density at radius 3 is 1.72 bits per heavy atom. The SMILES string of the molecule is Cc1c(C)c(C)c2c([nH]c3c2c2c(c4c5c(C)c(C)c(C)c(C)c5n(C5OCC(C)C(C)C5C)c34)C(C)N(C)C2C)c1C. The topological polar surface area (TPSA) is 33.2 Å². The summed E-state index contributed by atoms with van der Waals surface area (Å²) in [6.45, 7) is 31.4. The molecule has 0 amide bonds. The molecular formula is C39H51N3O. The smallest absolute Gasteiger partial charge is 0.137 e. The highest BCUT2D eigenvalue weighted by Gasteiger charge is 2.41. The first-order chi connectivity index (χ1) is 20.2. The van der Waals surface area contributed by atoms with E-state index in [4.69, 9.17) is 4.74 Å². The lowest BCUT2D eigenvalue weighted by Gasteiger charge is -2.40. The first kappa shape index (κ1) is 28.9. The minimum atomic E-state index is -0.0170. The summed E-state index contributed by atoms with van der Waals surface area (Å²) in [7, 11) is 2.32. The van der Waals surface area contributed by atoms with Crippen LogP contribution >= 0.6 is 0 Å². The number of nitrogens with zero attached hydrogens (tertiary/aromatic N) is 2. The van der Waals surface area contributed by atoms with E-state index in [0.29, 0.717) is 29.8 Å². The first-order valence-electron chi connectivity index (χ1n) is 16.6. The number of aryl methyl sites for hydroxylation is 4. The second kappa shape index (κ2) is 9.34. The quantitative estimate of drug-likeness (QED) is 0.215. The molecule has 0 bridgehead atoms. The zero-order valence-corrected chi connectivity index (χ0v) is 29.0. The van der Waals surface area contributed by atoms with Crippen LogP contribution in [0.4, 0.5) is 0 Å². The van der Waals surface area contributed by atoms with Gasteiger partial charge in [-0.05, 0) is 144 Å². The first-order valence-corrected chi connectivity index (χ1v) is 16.6. The van der Waals surface area contributed by atoms with Crippen LogP contribution in [-0.4, -0.2) is 28.1 Å². The van der Waals surface area contributed by atoms with Crippen LogP contribution in [0.3, 0.4) is 0 Å². The van der Waals surface area contributed by atoms with Crippen LogP contribution in [0.2, 0.25) is 0 Å². The molecule has 2 aliphatic heterocycles. The molecule has 1 fully saturated rings. The number of benzene rings is 3. The number of nitrogens with one attached hydrogen (secondary N) is 1. The van der Waals surface area contributed by atoms with Gasteiger partial charge in [0.05, 0.1) is 28.7 Å². The van der Waals surface area contributed by atoms with E-state index in [9.17, 15) is 0 Å². The van der Waals surface area contributed by atoms with Crippen LogP contribution in [0.25, 0.3) is 43.6 Å². The summed E-state index contributed by atoms with van der Waals surface area (Å²) in [6, 6.07) is 0.646. The normalized spacial score (nSPS) is 26.6. The van der Waals surface area contributed by atoms with E-state index in [1.54, 1.807) is 0 Å². The van der Waals surface area contributed by atoms with E-state index in [-0.39, 0.29) is 6.23 Å². The Morgan fingerprint density at radius 2 is 1.09 bits per heavy atom. The van der Waals surface area contributed by atoms with E-state index < -0.39 is 0 Å². The number of H-pyrrole nitrogens is 1. The van der Waals surface area contributed by atoms with E-state index in [1.165, 1.54) is 99.2 Å². The highest BCUT2D eigenvalue weighted by atomic mass is 16.5. The molecule has 0 radical (unpaired) electrons. The van der Waals surface area contributed by atoms with Gasteiger partial charge in [0.15, 0.2) is 0 Å². The summed E-state index contributed by atoms with van der Waals surface area (Å²) in [4.78, 5) is 6.71. The third-order valence-electron chi connectivity index (χ3n) is 13.1. The van der Waals surface area contributed by atoms with Crippen molar-refractivity contribution in [1.29, 1.82) is 0 Å². The highest BCUT2D eigenvalue weighted by Crippen LogP contribution is 2.55. The van der Waals surface area contributed by atoms with Gasteiger partial charge in [0.2, 0.25) is 0 Å². The summed E-state index contributed by atoms with van der Waals surface area (Å²) >= 11 is 0. The number of aromatic nitrogens is 2. The van der Waals surface area contributed by atoms with Crippen LogP contribution in [-0.2, 0) is 4.74 Å². The van der Waals surface area contributed by atoms with Crippen molar-refractivity contribution in [2.45, 2.75) is 108 Å². The highest BCUT2D eigenvalue weighted by molar-refractivity contribution is 6.27. The van der Waals surface area contributed by atoms with Crippen molar-refractivity contribution in [3.63, 3.8) is 0 Å². The lowest BCUT2D eigenvalue weighted by molar-refractivity contribution is -0.112. The predicted octanol–water partition coefficient (Wildman–Crippen LogP) is 10.4. The maximum atomic E-state index is 6.93. The van der Waals surface area contributed by atoms with Crippen LogP contribution in [0.5, 0.6) is 0 Å². The Bertz CT molecular complexity index is 2020. The van der Waals surface area contributed by atoms with Crippen LogP contribution in [0, 0.1) is 73.1 Å². The fourth-order valence-electron chi connectivity index (χ4n) is 9.07. The van der Waals surface area contributed by atoms with Gasteiger partial charge in [-0.25, -0.2) is 0 Å². The van der Waals surface area contributed by atoms with Crippen molar-refractivity contribution in [3.05, 3.63) is 55.6 Å². The molecule has 0 spiro atoms. The molecule has 6 unspecified atom stereocenters. The molecule has 4 nitrogen and oxygen atoms in total. The lowest BCUT2D eigenvalue weighted by atomic mass is 9.82. The molecule has 1 saturated heterocycles. The predicted molar refractivity (Wildman–Crippen MR) is 184 cm³/mol. The molecule has 0 aliphatic carbocycles. The van der Waals surface area contributed by atoms with E-state index in [1.807, 2.05) is 0 Å². The molecule has 43 heavy (non-hydrogen) atoms. The van der Waals surface area contributed by atoms with Crippen molar-refractivity contribution in [1.82, 2.24) is 14.5 Å². The zero-order valence-electron chi connectivity index (χ0n) is 29.0. The number of fused-ring (bicyclic) bond motifs is 10. The molecule has 1 N–H and O–H groups in total. The van der Waals surface area contributed by atoms with Gasteiger partial charge in [0.25, 0.3) is 0 Å². The number of ether oxygens (including phenoxy) is 1. The van der Waals surface area contributed by atoms with Crippen molar-refractivity contribution < 1.29 is 4.74 Å². The summed E-state index contributed by atoms with van der Waals surface area (Å²) in [5, 5.41) is 5.73. The molecule has 0 saturated carbocycles. The molecule has 4 heterocycles. The Hall–Kier alpha value is -2.82. The van der Waals surface area contributed by atoms with Gasteiger partial charge >= 0.3 is 0 Å². The molecular weight excluding hydrogens is 526 g/mol. The van der Waals surface area contributed by atoms with Gasteiger partial charge < -0.3 is 14.3 Å². The average molecular weight is 578 g/mol. The Kier molecular flexibility index (Phi) is 6.29. The maximum absolute atomic E-state index is 6.93. The van der Waals surface area contributed by atoms with Crippen LogP contribution < -0.4 is 0 Å². The van der Waals surface area contributed by atoms with Gasteiger partial charge in [-0.3, -0.25) is 4.90 Å². The maximum Gasteiger partial charge on any atom is 0.137 e. The molecule has 3 aromatic carbocycles. The molecule has 5 aromatic rings. The number of aromatic amines is 1. The second-order valence-electron chi connectivity index (χ2n) is 14.7. The summed E-state index contributed by atoms with van der Waals surface area (Å²) in [5.41, 5.74) is 19.6. The Morgan fingerprint density at radius 1 is 0.558 bits per heavy atom. The number of rotatable bonds is 1. The monoisotopic (exact) mass is 577 g/mol. The minimum Gasteiger partial charge on any atom is -0.357 e. The van der Waals surface area contributed by atoms with E-state index in [2.05, 4.69) is 112 Å². The molecule has 2 aliphatic rings. The largest absolute Gasteiger partial charge is 0.357 e. The standard InChI is InChI=1S/C39H51N3O/c1-16-15-43-39(26(11)17(16)2)42-37-25(10)21(6)19(4)23(8)30(37)34-32-28(13)41(14)27(12)31(32)33-29-22(7)18(3)20(5)24(9)35(29)40-36(33)38(34)42/h16-17,26-28,39-40H,15H2,1-14H3. The van der Waals surface area contributed by atoms with Gasteiger partial charge in [0.1, 0.15) is 6.23 Å². The third kappa shape index (κ3) is 3.40. The average Bonchev–Trinajstić information content (AvgIpc) is 3.61. The molecule has 6 atom stereocenters. The Labute approximate surface area is 257 Å². The summed E-state index contributed by atoms with van der Waals surface area (Å²) < 4.78 is 9.61.